The molecular weight excluding hydrogens is 302 g/mol. The van der Waals surface area contributed by atoms with Gasteiger partial charge in [-0.2, -0.15) is 0 Å². The number of carbonyl (C=O) groups excluding carboxylic acids is 1. The molecular formula is C20H27NO3. The molecule has 2 aliphatic rings. The second-order valence-corrected chi connectivity index (χ2v) is 6.83. The Morgan fingerprint density at radius 1 is 1.08 bits per heavy atom. The van der Waals surface area contributed by atoms with Gasteiger partial charge in [-0.25, -0.2) is 0 Å². The summed E-state index contributed by atoms with van der Waals surface area (Å²) in [5.74, 6) is 3.05. The zero-order valence-corrected chi connectivity index (χ0v) is 14.7. The molecule has 130 valence electrons. The molecule has 0 N–H and O–H groups in total. The Morgan fingerprint density at radius 3 is 2.58 bits per heavy atom. The minimum atomic E-state index is 0.119. The predicted molar refractivity (Wildman–Crippen MR) is 95.2 cm³/mol. The third-order valence-corrected chi connectivity index (χ3v) is 5.43. The molecule has 1 amide bonds. The molecule has 2 atom stereocenters. The third-order valence-electron chi connectivity index (χ3n) is 5.43. The molecule has 2 fully saturated rings. The Kier molecular flexibility index (Phi) is 5.44. The van der Waals surface area contributed by atoms with Crippen molar-refractivity contribution in [2.75, 3.05) is 27.3 Å². The Morgan fingerprint density at radius 2 is 1.83 bits per heavy atom. The molecule has 1 saturated carbocycles. The number of rotatable bonds is 4. The van der Waals surface area contributed by atoms with Crippen molar-refractivity contribution in [1.29, 1.82) is 0 Å². The topological polar surface area (TPSA) is 38.8 Å². The molecule has 0 unspecified atom stereocenters. The fraction of sp³-hybridized carbons (Fsp3) is 0.550. The summed E-state index contributed by atoms with van der Waals surface area (Å²) in [6, 6.07) is 5.67. The van der Waals surface area contributed by atoms with Crippen LogP contribution in [0.2, 0.25) is 0 Å². The Balaban J connectivity index is 1.63. The van der Waals surface area contributed by atoms with Gasteiger partial charge in [0.05, 0.1) is 14.2 Å². The highest BCUT2D eigenvalue weighted by Crippen LogP contribution is 2.36. The van der Waals surface area contributed by atoms with Gasteiger partial charge in [-0.3, -0.25) is 4.79 Å². The van der Waals surface area contributed by atoms with Gasteiger partial charge in [0.2, 0.25) is 5.91 Å². The van der Waals surface area contributed by atoms with Crippen molar-refractivity contribution in [3.63, 3.8) is 0 Å². The molecule has 1 aliphatic carbocycles. The zero-order chi connectivity index (χ0) is 16.9. The smallest absolute Gasteiger partial charge is 0.246 e. The van der Waals surface area contributed by atoms with Crippen LogP contribution in [0.15, 0.2) is 24.3 Å². The van der Waals surface area contributed by atoms with Crippen LogP contribution in [0, 0.1) is 11.8 Å². The molecule has 0 radical (unpaired) electrons. The second kappa shape index (κ2) is 7.73. The van der Waals surface area contributed by atoms with Gasteiger partial charge in [-0.15, -0.1) is 0 Å². The monoisotopic (exact) mass is 329 g/mol. The number of benzene rings is 1. The molecule has 1 aliphatic heterocycles. The molecule has 4 heteroatoms. The van der Waals surface area contributed by atoms with E-state index in [2.05, 4.69) is 0 Å². The van der Waals surface area contributed by atoms with Gasteiger partial charge >= 0.3 is 0 Å². The second-order valence-electron chi connectivity index (χ2n) is 6.83. The lowest BCUT2D eigenvalue weighted by atomic mass is 9.75. The standard InChI is InChI=1S/C20H27NO3/c1-23-18-9-7-15(13-19(18)24-2)8-10-20(22)21-12-11-16-5-3-4-6-17(16)14-21/h7-10,13,16-17H,3-6,11-12,14H2,1-2H3/b10-8+/t16-,17+/m0/s1. The minimum absolute atomic E-state index is 0.119. The largest absolute Gasteiger partial charge is 0.493 e. The maximum absolute atomic E-state index is 12.5. The number of ether oxygens (including phenoxy) is 2. The summed E-state index contributed by atoms with van der Waals surface area (Å²) in [5, 5.41) is 0. The number of piperidine rings is 1. The van der Waals surface area contributed by atoms with Crippen LogP contribution in [0.3, 0.4) is 0 Å². The highest BCUT2D eigenvalue weighted by Gasteiger charge is 2.32. The predicted octanol–water partition coefficient (Wildman–Crippen LogP) is 3.76. The summed E-state index contributed by atoms with van der Waals surface area (Å²) in [6.07, 6.45) is 10.0. The van der Waals surface area contributed by atoms with Crippen molar-refractivity contribution in [3.8, 4) is 11.5 Å². The Bertz CT molecular complexity index is 611. The summed E-state index contributed by atoms with van der Waals surface area (Å²) in [4.78, 5) is 14.5. The fourth-order valence-electron chi connectivity index (χ4n) is 4.03. The zero-order valence-electron chi connectivity index (χ0n) is 14.7. The minimum Gasteiger partial charge on any atom is -0.493 e. The summed E-state index contributed by atoms with van der Waals surface area (Å²) in [6.45, 7) is 1.83. The van der Waals surface area contributed by atoms with Crippen LogP contribution in [-0.2, 0) is 4.79 Å². The normalized spacial score (nSPS) is 23.8. The van der Waals surface area contributed by atoms with E-state index in [0.717, 1.165) is 24.6 Å². The lowest BCUT2D eigenvalue weighted by molar-refractivity contribution is -0.128. The number of fused-ring (bicyclic) bond motifs is 1. The van der Waals surface area contributed by atoms with Crippen molar-refractivity contribution in [3.05, 3.63) is 29.8 Å². The van der Waals surface area contributed by atoms with E-state index < -0.39 is 0 Å². The van der Waals surface area contributed by atoms with Gasteiger partial charge in [0.25, 0.3) is 0 Å². The van der Waals surface area contributed by atoms with E-state index >= 15 is 0 Å². The van der Waals surface area contributed by atoms with Crippen molar-refractivity contribution < 1.29 is 14.3 Å². The van der Waals surface area contributed by atoms with E-state index in [0.29, 0.717) is 17.4 Å². The van der Waals surface area contributed by atoms with Crippen LogP contribution >= 0.6 is 0 Å². The SMILES string of the molecule is COc1ccc(/C=C/C(=O)N2CC[C@@H]3CCCC[C@@H]3C2)cc1OC. The molecule has 24 heavy (non-hydrogen) atoms. The Labute approximate surface area is 144 Å². The number of hydrogen-bond donors (Lipinski definition) is 0. The first kappa shape index (κ1) is 16.9. The molecule has 0 aromatic heterocycles. The van der Waals surface area contributed by atoms with E-state index in [-0.39, 0.29) is 5.91 Å². The number of carbonyl (C=O) groups is 1. The lowest BCUT2D eigenvalue weighted by Gasteiger charge is -2.41. The summed E-state index contributed by atoms with van der Waals surface area (Å²) < 4.78 is 10.5. The molecule has 1 aromatic carbocycles. The first-order valence-electron chi connectivity index (χ1n) is 8.90. The van der Waals surface area contributed by atoms with Crippen LogP contribution < -0.4 is 9.47 Å². The van der Waals surface area contributed by atoms with Gasteiger partial charge in [0, 0.05) is 19.2 Å². The fourth-order valence-corrected chi connectivity index (χ4v) is 4.03. The number of methoxy groups -OCH3 is 2. The van der Waals surface area contributed by atoms with E-state index in [4.69, 9.17) is 9.47 Å². The molecule has 1 heterocycles. The lowest BCUT2D eigenvalue weighted by Crippen LogP contribution is -2.44. The summed E-state index contributed by atoms with van der Waals surface area (Å²) in [7, 11) is 3.23. The average Bonchev–Trinajstić information content (AvgIpc) is 2.65. The van der Waals surface area contributed by atoms with E-state index in [1.165, 1.54) is 32.1 Å². The first-order chi connectivity index (χ1) is 11.7. The highest BCUT2D eigenvalue weighted by atomic mass is 16.5. The molecule has 0 bridgehead atoms. The van der Waals surface area contributed by atoms with Crippen molar-refractivity contribution in [2.24, 2.45) is 11.8 Å². The quantitative estimate of drug-likeness (QED) is 0.790. The van der Waals surface area contributed by atoms with Crippen LogP contribution in [0.25, 0.3) is 6.08 Å². The van der Waals surface area contributed by atoms with Gasteiger partial charge in [0.1, 0.15) is 0 Å². The van der Waals surface area contributed by atoms with Gasteiger partial charge in [-0.05, 0) is 48.4 Å². The van der Waals surface area contributed by atoms with E-state index in [1.54, 1.807) is 20.3 Å². The Hall–Kier alpha value is -1.97. The van der Waals surface area contributed by atoms with Crippen LogP contribution in [0.5, 0.6) is 11.5 Å². The molecule has 4 nitrogen and oxygen atoms in total. The summed E-state index contributed by atoms with van der Waals surface area (Å²) in [5.41, 5.74) is 0.938. The molecule has 1 aromatic rings. The van der Waals surface area contributed by atoms with Gasteiger partial charge in [-0.1, -0.05) is 25.3 Å². The van der Waals surface area contributed by atoms with Gasteiger partial charge in [0.15, 0.2) is 11.5 Å². The average molecular weight is 329 g/mol. The van der Waals surface area contributed by atoms with Gasteiger partial charge < -0.3 is 14.4 Å². The van der Waals surface area contributed by atoms with E-state index in [1.807, 2.05) is 29.2 Å². The van der Waals surface area contributed by atoms with Crippen LogP contribution in [0.1, 0.15) is 37.7 Å². The highest BCUT2D eigenvalue weighted by molar-refractivity contribution is 5.92. The third kappa shape index (κ3) is 3.74. The number of likely N-dealkylation sites (tertiary alicyclic amines) is 1. The molecule has 0 spiro atoms. The summed E-state index contributed by atoms with van der Waals surface area (Å²) >= 11 is 0. The van der Waals surface area contributed by atoms with Crippen molar-refractivity contribution >= 4 is 12.0 Å². The van der Waals surface area contributed by atoms with Crippen LogP contribution in [-0.4, -0.2) is 38.1 Å². The van der Waals surface area contributed by atoms with Crippen LogP contribution in [0.4, 0.5) is 0 Å². The number of amides is 1. The van der Waals surface area contributed by atoms with Crippen molar-refractivity contribution in [1.82, 2.24) is 4.90 Å². The maximum atomic E-state index is 12.5. The molecule has 3 rings (SSSR count). The van der Waals surface area contributed by atoms with Crippen molar-refractivity contribution in [2.45, 2.75) is 32.1 Å². The number of nitrogens with zero attached hydrogens (tertiary/aromatic N) is 1. The van der Waals surface area contributed by atoms with E-state index in [9.17, 15) is 4.79 Å². The maximum Gasteiger partial charge on any atom is 0.246 e. The molecule has 1 saturated heterocycles. The number of hydrogen-bond acceptors (Lipinski definition) is 3. The first-order valence-corrected chi connectivity index (χ1v) is 8.90.